The average molecular weight is 241 g/mol. The van der Waals surface area contributed by atoms with E-state index in [1.807, 2.05) is 27.7 Å². The summed E-state index contributed by atoms with van der Waals surface area (Å²) in [6, 6.07) is 2.26. The first-order chi connectivity index (χ1) is 7.45. The molecule has 1 rings (SSSR count). The maximum Gasteiger partial charge on any atom is 0.115 e. The fraction of sp³-hybridized carbons (Fsp3) is 0.636. The van der Waals surface area contributed by atoms with Crippen LogP contribution in [0.25, 0.3) is 0 Å². The van der Waals surface area contributed by atoms with E-state index in [2.05, 4.69) is 16.5 Å². The number of aryl methyl sites for hydroxylation is 1. The molecule has 0 saturated heterocycles. The summed E-state index contributed by atoms with van der Waals surface area (Å²) in [5.74, 6) is 0. The van der Waals surface area contributed by atoms with Gasteiger partial charge in [-0.3, -0.25) is 10.00 Å². The van der Waals surface area contributed by atoms with Crippen LogP contribution in [-0.2, 0) is 6.54 Å². The average Bonchev–Trinajstić information content (AvgIpc) is 2.45. The zero-order valence-corrected chi connectivity index (χ0v) is 10.8. The number of hydrogen-bond acceptors (Lipinski definition) is 3. The number of nitrogens with one attached hydrogen (secondary N) is 1. The number of nitriles is 1. The number of halogens is 1. The predicted octanol–water partition coefficient (Wildman–Crippen LogP) is 2.04. The largest absolute Gasteiger partial charge is 0.298 e. The zero-order chi connectivity index (χ0) is 12.3. The van der Waals surface area contributed by atoms with Crippen LogP contribution in [0.1, 0.15) is 25.2 Å². The molecule has 0 radical (unpaired) electrons. The van der Waals surface area contributed by atoms with Gasteiger partial charge in [0.15, 0.2) is 0 Å². The van der Waals surface area contributed by atoms with Crippen molar-refractivity contribution in [1.82, 2.24) is 15.1 Å². The molecule has 5 heteroatoms. The van der Waals surface area contributed by atoms with Gasteiger partial charge in [0.1, 0.15) is 6.04 Å². The summed E-state index contributed by atoms with van der Waals surface area (Å²) in [6.45, 7) is 8.32. The maximum atomic E-state index is 9.02. The van der Waals surface area contributed by atoms with Crippen LogP contribution in [0.5, 0.6) is 0 Å². The van der Waals surface area contributed by atoms with Gasteiger partial charge in [-0.15, -0.1) is 0 Å². The topological polar surface area (TPSA) is 53.6 Å². The second-order valence-corrected chi connectivity index (χ2v) is 4.55. The Labute approximate surface area is 101 Å². The third kappa shape index (κ3) is 2.97. The third-order valence-electron chi connectivity index (χ3n) is 2.34. The van der Waals surface area contributed by atoms with Gasteiger partial charge in [-0.1, -0.05) is 11.6 Å². The Morgan fingerprint density at radius 1 is 1.50 bits per heavy atom. The standard InChI is InChI=1S/C11H17ClN4/c1-7(2)14-10(5-13)6-16-9(4)11(12)8(3)15-16/h7,10,14H,6H2,1-4H3. The Bertz CT molecular complexity index is 403. The van der Waals surface area contributed by atoms with Crippen molar-refractivity contribution in [1.29, 1.82) is 5.26 Å². The fourth-order valence-electron chi connectivity index (χ4n) is 1.56. The van der Waals surface area contributed by atoms with E-state index in [0.29, 0.717) is 11.6 Å². The highest BCUT2D eigenvalue weighted by molar-refractivity contribution is 6.31. The van der Waals surface area contributed by atoms with Crippen molar-refractivity contribution in [2.24, 2.45) is 0 Å². The number of nitrogens with zero attached hydrogens (tertiary/aromatic N) is 3. The van der Waals surface area contributed by atoms with Gasteiger partial charge < -0.3 is 0 Å². The molecule has 0 amide bonds. The van der Waals surface area contributed by atoms with Crippen LogP contribution >= 0.6 is 11.6 Å². The number of hydrogen-bond donors (Lipinski definition) is 1. The van der Waals surface area contributed by atoms with Crippen molar-refractivity contribution in [2.75, 3.05) is 0 Å². The van der Waals surface area contributed by atoms with E-state index >= 15 is 0 Å². The van der Waals surface area contributed by atoms with Gasteiger partial charge in [0, 0.05) is 6.04 Å². The molecule has 1 N–H and O–H groups in total. The summed E-state index contributed by atoms with van der Waals surface area (Å²) < 4.78 is 1.78. The van der Waals surface area contributed by atoms with Crippen molar-refractivity contribution in [2.45, 2.75) is 46.3 Å². The van der Waals surface area contributed by atoms with E-state index in [-0.39, 0.29) is 12.1 Å². The monoisotopic (exact) mass is 240 g/mol. The smallest absolute Gasteiger partial charge is 0.115 e. The van der Waals surface area contributed by atoms with Crippen LogP contribution in [-0.4, -0.2) is 21.9 Å². The molecule has 4 nitrogen and oxygen atoms in total. The van der Waals surface area contributed by atoms with E-state index in [0.717, 1.165) is 11.4 Å². The SMILES string of the molecule is Cc1nn(CC(C#N)NC(C)C)c(C)c1Cl. The first-order valence-corrected chi connectivity index (χ1v) is 5.68. The van der Waals surface area contributed by atoms with Gasteiger partial charge in [-0.2, -0.15) is 10.4 Å². The van der Waals surface area contributed by atoms with Crippen molar-refractivity contribution in [3.8, 4) is 6.07 Å². The second-order valence-electron chi connectivity index (χ2n) is 4.17. The molecule has 0 aliphatic rings. The molecule has 0 bridgehead atoms. The number of rotatable bonds is 4. The van der Waals surface area contributed by atoms with Crippen molar-refractivity contribution < 1.29 is 0 Å². The summed E-state index contributed by atoms with van der Waals surface area (Å²) in [6.07, 6.45) is 0. The summed E-state index contributed by atoms with van der Waals surface area (Å²) in [5, 5.41) is 17.2. The molecule has 0 aromatic carbocycles. The van der Waals surface area contributed by atoms with Crippen LogP contribution in [0.4, 0.5) is 0 Å². The van der Waals surface area contributed by atoms with Gasteiger partial charge in [0.05, 0.1) is 29.0 Å². The van der Waals surface area contributed by atoms with Crippen molar-refractivity contribution in [3.05, 3.63) is 16.4 Å². The summed E-state index contributed by atoms with van der Waals surface area (Å²) in [5.41, 5.74) is 1.71. The van der Waals surface area contributed by atoms with Gasteiger partial charge >= 0.3 is 0 Å². The minimum atomic E-state index is -0.242. The van der Waals surface area contributed by atoms with Crippen LogP contribution < -0.4 is 5.32 Å². The maximum absolute atomic E-state index is 9.02. The Morgan fingerprint density at radius 2 is 2.12 bits per heavy atom. The first-order valence-electron chi connectivity index (χ1n) is 5.31. The highest BCUT2D eigenvalue weighted by atomic mass is 35.5. The molecule has 88 valence electrons. The minimum absolute atomic E-state index is 0.242. The summed E-state index contributed by atoms with van der Waals surface area (Å²) in [7, 11) is 0. The Kier molecular flexibility index (Phi) is 4.34. The molecule has 1 unspecified atom stereocenters. The molecule has 1 heterocycles. The van der Waals surface area contributed by atoms with E-state index in [9.17, 15) is 0 Å². The van der Waals surface area contributed by atoms with Gasteiger partial charge in [-0.05, 0) is 27.7 Å². The quantitative estimate of drug-likeness (QED) is 0.876. The summed E-state index contributed by atoms with van der Waals surface area (Å²) >= 11 is 6.04. The van der Waals surface area contributed by atoms with Gasteiger partial charge in [0.25, 0.3) is 0 Å². The van der Waals surface area contributed by atoms with E-state index in [1.165, 1.54) is 0 Å². The van der Waals surface area contributed by atoms with Crippen LogP contribution in [0, 0.1) is 25.2 Å². The third-order valence-corrected chi connectivity index (χ3v) is 2.89. The Morgan fingerprint density at radius 3 is 2.50 bits per heavy atom. The lowest BCUT2D eigenvalue weighted by molar-refractivity contribution is 0.450. The first kappa shape index (κ1) is 13.0. The zero-order valence-electron chi connectivity index (χ0n) is 10.1. The molecular formula is C11H17ClN4. The molecule has 1 aromatic heterocycles. The molecule has 1 atom stereocenters. The van der Waals surface area contributed by atoms with Gasteiger partial charge in [-0.25, -0.2) is 0 Å². The van der Waals surface area contributed by atoms with Gasteiger partial charge in [0.2, 0.25) is 0 Å². The molecule has 0 aliphatic carbocycles. The van der Waals surface area contributed by atoms with Crippen LogP contribution in [0.15, 0.2) is 0 Å². The van der Waals surface area contributed by atoms with E-state index < -0.39 is 0 Å². The lowest BCUT2D eigenvalue weighted by Crippen LogP contribution is -2.37. The molecule has 0 aliphatic heterocycles. The molecule has 0 fully saturated rings. The molecule has 0 spiro atoms. The number of aromatic nitrogens is 2. The fourth-order valence-corrected chi connectivity index (χ4v) is 1.69. The van der Waals surface area contributed by atoms with Crippen LogP contribution in [0.2, 0.25) is 5.02 Å². The predicted molar refractivity (Wildman–Crippen MR) is 64.4 cm³/mol. The van der Waals surface area contributed by atoms with E-state index in [4.69, 9.17) is 16.9 Å². The highest BCUT2D eigenvalue weighted by Gasteiger charge is 2.14. The molecule has 16 heavy (non-hydrogen) atoms. The second kappa shape index (κ2) is 5.33. The van der Waals surface area contributed by atoms with E-state index in [1.54, 1.807) is 4.68 Å². The molecular weight excluding hydrogens is 224 g/mol. The summed E-state index contributed by atoms with van der Waals surface area (Å²) in [4.78, 5) is 0. The normalized spacial score (nSPS) is 12.8. The lowest BCUT2D eigenvalue weighted by atomic mass is 10.2. The molecule has 0 saturated carbocycles. The Hall–Kier alpha value is -1.05. The van der Waals surface area contributed by atoms with Crippen molar-refractivity contribution in [3.63, 3.8) is 0 Å². The minimum Gasteiger partial charge on any atom is -0.298 e. The lowest BCUT2D eigenvalue weighted by Gasteiger charge is -2.15. The van der Waals surface area contributed by atoms with Crippen molar-refractivity contribution >= 4 is 11.6 Å². The van der Waals surface area contributed by atoms with Crippen LogP contribution in [0.3, 0.4) is 0 Å². The highest BCUT2D eigenvalue weighted by Crippen LogP contribution is 2.18. The Balaban J connectivity index is 2.79. The molecule has 1 aromatic rings.